The highest BCUT2D eigenvalue weighted by Crippen LogP contribution is 2.34. The van der Waals surface area contributed by atoms with Crippen molar-refractivity contribution in [1.29, 1.82) is 0 Å². The molecule has 2 bridgehead atoms. The van der Waals surface area contributed by atoms with Crippen molar-refractivity contribution in [2.45, 2.75) is 31.3 Å². The highest BCUT2D eigenvalue weighted by atomic mass is 16.7. The molecule has 2 fully saturated rings. The molecule has 2 atom stereocenters. The summed E-state index contributed by atoms with van der Waals surface area (Å²) in [5.41, 5.74) is 0.690. The van der Waals surface area contributed by atoms with Gasteiger partial charge in [-0.15, -0.1) is 0 Å². The van der Waals surface area contributed by atoms with Gasteiger partial charge in [0.05, 0.1) is 6.54 Å². The largest absolute Gasteiger partial charge is 0.454 e. The lowest BCUT2D eigenvalue weighted by Crippen LogP contribution is -2.42. The number of hydrogen-bond acceptors (Lipinski definition) is 5. The van der Waals surface area contributed by atoms with Gasteiger partial charge in [-0.05, 0) is 25.0 Å². The average molecular weight is 317 g/mol. The first-order valence-electron chi connectivity index (χ1n) is 7.91. The maximum atomic E-state index is 12.4. The first-order valence-corrected chi connectivity index (χ1v) is 7.91. The number of benzene rings is 1. The van der Waals surface area contributed by atoms with Gasteiger partial charge in [0.25, 0.3) is 0 Å². The monoisotopic (exact) mass is 317 g/mol. The molecule has 2 N–H and O–H groups in total. The lowest BCUT2D eigenvalue weighted by Gasteiger charge is -2.26. The summed E-state index contributed by atoms with van der Waals surface area (Å²) in [5.74, 6) is 1.35. The van der Waals surface area contributed by atoms with Gasteiger partial charge in [-0.3, -0.25) is 14.5 Å². The predicted octanol–water partition coefficient (Wildman–Crippen LogP) is 0.707. The number of nitrogens with one attached hydrogen (secondary N) is 2. The van der Waals surface area contributed by atoms with Crippen molar-refractivity contribution in [3.05, 3.63) is 18.2 Å². The Hall–Kier alpha value is -2.28. The zero-order valence-electron chi connectivity index (χ0n) is 12.7. The van der Waals surface area contributed by atoms with Crippen molar-refractivity contribution in [2.24, 2.45) is 0 Å². The Morgan fingerprint density at radius 3 is 3.00 bits per heavy atom. The third kappa shape index (κ3) is 2.84. The van der Waals surface area contributed by atoms with Crippen LogP contribution in [0, 0.1) is 0 Å². The van der Waals surface area contributed by atoms with Gasteiger partial charge in [-0.2, -0.15) is 0 Å². The third-order valence-electron chi connectivity index (χ3n) is 4.71. The molecule has 3 aliphatic heterocycles. The van der Waals surface area contributed by atoms with E-state index in [4.69, 9.17) is 9.47 Å². The molecule has 122 valence electrons. The number of ether oxygens (including phenoxy) is 2. The number of hydrogen-bond donors (Lipinski definition) is 2. The number of carbonyl (C=O) groups is 2. The van der Waals surface area contributed by atoms with E-state index in [-0.39, 0.29) is 30.7 Å². The summed E-state index contributed by atoms with van der Waals surface area (Å²) in [6.45, 7) is 1.15. The highest BCUT2D eigenvalue weighted by Gasteiger charge is 2.38. The number of anilines is 1. The molecule has 1 aromatic carbocycles. The average Bonchev–Trinajstić information content (AvgIpc) is 3.07. The Labute approximate surface area is 133 Å². The Balaban J connectivity index is 1.41. The van der Waals surface area contributed by atoms with Gasteiger partial charge in [-0.25, -0.2) is 0 Å². The lowest BCUT2D eigenvalue weighted by atomic mass is 10.1. The lowest BCUT2D eigenvalue weighted by molar-refractivity contribution is -0.122. The van der Waals surface area contributed by atoms with Crippen LogP contribution in [0.15, 0.2) is 18.2 Å². The van der Waals surface area contributed by atoms with E-state index in [1.54, 1.807) is 18.2 Å². The molecular formula is C16H19N3O4. The van der Waals surface area contributed by atoms with Crippen molar-refractivity contribution in [2.75, 3.05) is 25.2 Å². The second kappa shape index (κ2) is 5.73. The molecule has 7 heteroatoms. The van der Waals surface area contributed by atoms with Crippen LogP contribution in [0.3, 0.4) is 0 Å². The molecule has 2 saturated heterocycles. The molecular weight excluding hydrogens is 298 g/mol. The minimum absolute atomic E-state index is 0.0740. The van der Waals surface area contributed by atoms with E-state index >= 15 is 0 Å². The maximum absolute atomic E-state index is 12.4. The summed E-state index contributed by atoms with van der Waals surface area (Å²) < 4.78 is 10.6. The van der Waals surface area contributed by atoms with Crippen molar-refractivity contribution < 1.29 is 19.1 Å². The molecule has 2 unspecified atom stereocenters. The van der Waals surface area contributed by atoms with Gasteiger partial charge in [0.1, 0.15) is 0 Å². The molecule has 4 rings (SSSR count). The second-order valence-electron chi connectivity index (χ2n) is 6.18. The van der Waals surface area contributed by atoms with E-state index in [1.165, 1.54) is 0 Å². The molecule has 2 amide bonds. The van der Waals surface area contributed by atoms with Gasteiger partial charge in [0.2, 0.25) is 18.6 Å². The maximum Gasteiger partial charge on any atom is 0.238 e. The summed E-state index contributed by atoms with van der Waals surface area (Å²) in [5, 5.41) is 5.81. The Morgan fingerprint density at radius 1 is 1.26 bits per heavy atom. The van der Waals surface area contributed by atoms with Crippen LogP contribution in [0.4, 0.5) is 5.69 Å². The van der Waals surface area contributed by atoms with E-state index in [2.05, 4.69) is 15.5 Å². The van der Waals surface area contributed by atoms with Crippen LogP contribution in [-0.2, 0) is 9.59 Å². The van der Waals surface area contributed by atoms with Crippen molar-refractivity contribution in [1.82, 2.24) is 10.2 Å². The number of amides is 2. The fourth-order valence-electron chi connectivity index (χ4n) is 3.57. The van der Waals surface area contributed by atoms with Gasteiger partial charge >= 0.3 is 0 Å². The van der Waals surface area contributed by atoms with E-state index in [1.807, 2.05) is 0 Å². The molecule has 3 aliphatic rings. The van der Waals surface area contributed by atoms with Gasteiger partial charge in [0, 0.05) is 36.8 Å². The zero-order valence-corrected chi connectivity index (χ0v) is 12.7. The smallest absolute Gasteiger partial charge is 0.238 e. The van der Waals surface area contributed by atoms with E-state index in [0.717, 1.165) is 12.8 Å². The summed E-state index contributed by atoms with van der Waals surface area (Å²) in [6, 6.07) is 5.78. The van der Waals surface area contributed by atoms with E-state index < -0.39 is 0 Å². The third-order valence-corrected chi connectivity index (χ3v) is 4.71. The number of carbonyl (C=O) groups excluding carboxylic acids is 2. The van der Waals surface area contributed by atoms with Crippen molar-refractivity contribution in [3.63, 3.8) is 0 Å². The summed E-state index contributed by atoms with van der Waals surface area (Å²) in [4.78, 5) is 26.2. The normalized spacial score (nSPS) is 25.8. The molecule has 0 aliphatic carbocycles. The quantitative estimate of drug-likeness (QED) is 0.858. The van der Waals surface area contributed by atoms with Crippen LogP contribution < -0.4 is 20.1 Å². The molecule has 23 heavy (non-hydrogen) atoms. The van der Waals surface area contributed by atoms with Gasteiger partial charge < -0.3 is 20.1 Å². The van der Waals surface area contributed by atoms with Crippen LogP contribution in [-0.4, -0.2) is 48.7 Å². The highest BCUT2D eigenvalue weighted by molar-refractivity contribution is 5.92. The molecule has 0 saturated carbocycles. The summed E-state index contributed by atoms with van der Waals surface area (Å²) in [6.07, 6.45) is 2.49. The van der Waals surface area contributed by atoms with Gasteiger partial charge in [-0.1, -0.05) is 0 Å². The van der Waals surface area contributed by atoms with Crippen molar-refractivity contribution in [3.8, 4) is 11.5 Å². The van der Waals surface area contributed by atoms with Crippen LogP contribution in [0.2, 0.25) is 0 Å². The minimum atomic E-state index is -0.0740. The van der Waals surface area contributed by atoms with Crippen LogP contribution in [0.25, 0.3) is 0 Å². The summed E-state index contributed by atoms with van der Waals surface area (Å²) >= 11 is 0. The second-order valence-corrected chi connectivity index (χ2v) is 6.18. The van der Waals surface area contributed by atoms with Crippen molar-refractivity contribution >= 4 is 17.5 Å². The first kappa shape index (κ1) is 14.3. The molecule has 3 heterocycles. The number of rotatable bonds is 3. The molecule has 0 aromatic heterocycles. The summed E-state index contributed by atoms with van der Waals surface area (Å²) in [7, 11) is 0. The molecule has 0 radical (unpaired) electrons. The predicted molar refractivity (Wildman–Crippen MR) is 82.3 cm³/mol. The first-order chi connectivity index (χ1) is 11.2. The van der Waals surface area contributed by atoms with Crippen LogP contribution in [0.1, 0.15) is 19.3 Å². The van der Waals surface area contributed by atoms with Gasteiger partial charge in [0.15, 0.2) is 11.5 Å². The molecule has 0 spiro atoms. The fourth-order valence-corrected chi connectivity index (χ4v) is 3.57. The Kier molecular flexibility index (Phi) is 3.57. The topological polar surface area (TPSA) is 79.9 Å². The molecule has 1 aromatic rings. The Bertz CT molecular complexity index is 648. The number of nitrogens with zero attached hydrogens (tertiary/aromatic N) is 1. The number of fused-ring (bicyclic) bond motifs is 3. The Morgan fingerprint density at radius 2 is 2.09 bits per heavy atom. The minimum Gasteiger partial charge on any atom is -0.454 e. The van der Waals surface area contributed by atoms with Crippen LogP contribution in [0.5, 0.6) is 11.5 Å². The SMILES string of the molecule is O=C1CC2CCC(CN1)N2CC(=O)Nc1ccc2c(c1)OCO2. The van der Waals surface area contributed by atoms with Crippen LogP contribution >= 0.6 is 0 Å². The fraction of sp³-hybridized carbons (Fsp3) is 0.500. The molecule has 7 nitrogen and oxygen atoms in total. The zero-order chi connectivity index (χ0) is 15.8. The standard InChI is InChI=1S/C16H19N3O4/c20-15-6-11-2-3-12(7-17-15)19(11)8-16(21)18-10-1-4-13-14(5-10)23-9-22-13/h1,4-5,11-12H,2-3,6-9H2,(H,17,20)(H,18,21). The van der Waals surface area contributed by atoms with E-state index in [0.29, 0.717) is 36.7 Å². The van der Waals surface area contributed by atoms with E-state index in [9.17, 15) is 9.59 Å².